The van der Waals surface area contributed by atoms with Crippen LogP contribution in [0.1, 0.15) is 25.3 Å². The van der Waals surface area contributed by atoms with Gasteiger partial charge in [0, 0.05) is 12.6 Å². The van der Waals surface area contributed by atoms with Gasteiger partial charge in [0.05, 0.1) is 6.54 Å². The molecule has 3 nitrogen and oxygen atoms in total. The summed E-state index contributed by atoms with van der Waals surface area (Å²) in [5, 5.41) is 2.96. The van der Waals surface area contributed by atoms with Crippen molar-refractivity contribution >= 4 is 5.91 Å². The first-order valence-corrected chi connectivity index (χ1v) is 6.43. The highest BCUT2D eigenvalue weighted by atomic mass is 19.1. The Morgan fingerprint density at radius 3 is 2.89 bits per heavy atom. The third kappa shape index (κ3) is 4.11. The molecule has 1 aliphatic carbocycles. The molecule has 4 heteroatoms. The summed E-state index contributed by atoms with van der Waals surface area (Å²) in [7, 11) is 0. The van der Waals surface area contributed by atoms with Gasteiger partial charge in [-0.05, 0) is 37.1 Å². The molecule has 98 valence electrons. The van der Waals surface area contributed by atoms with E-state index >= 15 is 0 Å². The standard InChI is InChI=1S/C14H19FN2O/c1-2-17(10-14(18)16-13-6-7-13)9-11-4-3-5-12(15)8-11/h3-5,8,13H,2,6-7,9-10H2,1H3,(H,16,18). The first-order chi connectivity index (χ1) is 8.67. The molecule has 0 radical (unpaired) electrons. The van der Waals surface area contributed by atoms with Gasteiger partial charge in [-0.15, -0.1) is 0 Å². The molecule has 0 aromatic heterocycles. The van der Waals surface area contributed by atoms with E-state index < -0.39 is 0 Å². The second-order valence-electron chi connectivity index (χ2n) is 4.77. The zero-order chi connectivity index (χ0) is 13.0. The molecule has 2 rings (SSSR count). The summed E-state index contributed by atoms with van der Waals surface area (Å²) in [4.78, 5) is 13.7. The summed E-state index contributed by atoms with van der Waals surface area (Å²) < 4.78 is 13.1. The van der Waals surface area contributed by atoms with Crippen LogP contribution < -0.4 is 5.32 Å². The normalized spacial score (nSPS) is 14.8. The highest BCUT2D eigenvalue weighted by Gasteiger charge is 2.23. The third-order valence-corrected chi connectivity index (χ3v) is 3.05. The number of hydrogen-bond donors (Lipinski definition) is 1. The van der Waals surface area contributed by atoms with Crippen molar-refractivity contribution in [3.63, 3.8) is 0 Å². The van der Waals surface area contributed by atoms with E-state index in [0.29, 0.717) is 19.1 Å². The van der Waals surface area contributed by atoms with Crippen LogP contribution in [-0.4, -0.2) is 29.9 Å². The summed E-state index contributed by atoms with van der Waals surface area (Å²) in [5.74, 6) is -0.165. The fraction of sp³-hybridized carbons (Fsp3) is 0.500. The van der Waals surface area contributed by atoms with Crippen LogP contribution in [0.25, 0.3) is 0 Å². The van der Waals surface area contributed by atoms with Gasteiger partial charge < -0.3 is 5.32 Å². The van der Waals surface area contributed by atoms with Crippen LogP contribution in [-0.2, 0) is 11.3 Å². The maximum atomic E-state index is 13.1. The number of carbonyl (C=O) groups is 1. The Labute approximate surface area is 107 Å². The zero-order valence-electron chi connectivity index (χ0n) is 10.7. The Kier molecular flexibility index (Phi) is 4.31. The number of nitrogens with zero attached hydrogens (tertiary/aromatic N) is 1. The predicted molar refractivity (Wildman–Crippen MR) is 68.5 cm³/mol. The van der Waals surface area contributed by atoms with Crippen LogP contribution in [0.4, 0.5) is 4.39 Å². The molecule has 1 aromatic carbocycles. The minimum absolute atomic E-state index is 0.0655. The van der Waals surface area contributed by atoms with Crippen molar-refractivity contribution in [2.45, 2.75) is 32.4 Å². The van der Waals surface area contributed by atoms with Gasteiger partial charge in [-0.25, -0.2) is 4.39 Å². The Bertz CT molecular complexity index is 418. The fourth-order valence-electron chi connectivity index (χ4n) is 1.88. The van der Waals surface area contributed by atoms with Gasteiger partial charge in [-0.2, -0.15) is 0 Å². The molecule has 0 bridgehead atoms. The summed E-state index contributed by atoms with van der Waals surface area (Å²) in [5.41, 5.74) is 0.899. The van der Waals surface area contributed by atoms with Gasteiger partial charge in [-0.1, -0.05) is 19.1 Å². The van der Waals surface area contributed by atoms with Gasteiger partial charge in [0.25, 0.3) is 0 Å². The van der Waals surface area contributed by atoms with Crippen molar-refractivity contribution in [1.82, 2.24) is 10.2 Å². The van der Waals surface area contributed by atoms with Crippen LogP contribution in [0.3, 0.4) is 0 Å². The number of halogens is 1. The van der Waals surface area contributed by atoms with E-state index in [2.05, 4.69) is 5.32 Å². The molecular weight excluding hydrogens is 231 g/mol. The number of amides is 1. The average molecular weight is 250 g/mol. The highest BCUT2D eigenvalue weighted by molar-refractivity contribution is 5.78. The lowest BCUT2D eigenvalue weighted by Gasteiger charge is -2.19. The van der Waals surface area contributed by atoms with Crippen LogP contribution >= 0.6 is 0 Å². The lowest BCUT2D eigenvalue weighted by atomic mass is 10.2. The van der Waals surface area contributed by atoms with Crippen molar-refractivity contribution in [1.29, 1.82) is 0 Å². The van der Waals surface area contributed by atoms with E-state index in [4.69, 9.17) is 0 Å². The quantitative estimate of drug-likeness (QED) is 0.836. The lowest BCUT2D eigenvalue weighted by molar-refractivity contribution is -0.122. The Balaban J connectivity index is 1.85. The van der Waals surface area contributed by atoms with Crippen molar-refractivity contribution in [2.24, 2.45) is 0 Å². The molecule has 1 amide bonds. The molecule has 1 aromatic rings. The minimum Gasteiger partial charge on any atom is -0.352 e. The number of nitrogens with one attached hydrogen (secondary N) is 1. The second kappa shape index (κ2) is 5.96. The predicted octanol–water partition coefficient (Wildman–Crippen LogP) is 1.93. The van der Waals surface area contributed by atoms with Crippen LogP contribution in [0.5, 0.6) is 0 Å². The largest absolute Gasteiger partial charge is 0.352 e. The molecule has 1 N–H and O–H groups in total. The lowest BCUT2D eigenvalue weighted by Crippen LogP contribution is -2.37. The maximum Gasteiger partial charge on any atom is 0.234 e. The van der Waals surface area contributed by atoms with Gasteiger partial charge in [0.1, 0.15) is 5.82 Å². The summed E-state index contributed by atoms with van der Waals surface area (Å²) >= 11 is 0. The van der Waals surface area contributed by atoms with Crippen LogP contribution in [0.2, 0.25) is 0 Å². The Hall–Kier alpha value is -1.42. The van der Waals surface area contributed by atoms with Crippen molar-refractivity contribution in [2.75, 3.05) is 13.1 Å². The van der Waals surface area contributed by atoms with Crippen LogP contribution in [0, 0.1) is 5.82 Å². The molecule has 0 spiro atoms. The van der Waals surface area contributed by atoms with Crippen LogP contribution in [0.15, 0.2) is 24.3 Å². The molecule has 1 saturated carbocycles. The molecule has 0 saturated heterocycles. The Morgan fingerprint density at radius 1 is 1.50 bits per heavy atom. The zero-order valence-corrected chi connectivity index (χ0v) is 10.7. The average Bonchev–Trinajstić information content (AvgIpc) is 3.12. The summed E-state index contributed by atoms with van der Waals surface area (Å²) in [6, 6.07) is 6.92. The molecular formula is C14H19FN2O. The molecule has 0 aliphatic heterocycles. The van der Waals surface area contributed by atoms with Crippen molar-refractivity contribution in [3.05, 3.63) is 35.6 Å². The summed E-state index contributed by atoms with van der Waals surface area (Å²) in [6.07, 6.45) is 2.20. The highest BCUT2D eigenvalue weighted by Crippen LogP contribution is 2.18. The van der Waals surface area contributed by atoms with E-state index in [1.54, 1.807) is 6.07 Å². The van der Waals surface area contributed by atoms with Gasteiger partial charge >= 0.3 is 0 Å². The number of benzene rings is 1. The van der Waals surface area contributed by atoms with E-state index in [9.17, 15) is 9.18 Å². The summed E-state index contributed by atoms with van der Waals surface area (Å²) in [6.45, 7) is 3.76. The number of rotatable bonds is 6. The van der Waals surface area contributed by atoms with E-state index in [0.717, 1.165) is 24.9 Å². The van der Waals surface area contributed by atoms with E-state index in [1.807, 2.05) is 17.9 Å². The number of hydrogen-bond acceptors (Lipinski definition) is 2. The molecule has 1 aliphatic rings. The monoisotopic (exact) mass is 250 g/mol. The molecule has 1 fully saturated rings. The van der Waals surface area contributed by atoms with E-state index in [-0.39, 0.29) is 11.7 Å². The molecule has 0 unspecified atom stereocenters. The SMILES string of the molecule is CCN(CC(=O)NC1CC1)Cc1cccc(F)c1. The van der Waals surface area contributed by atoms with E-state index in [1.165, 1.54) is 12.1 Å². The molecule has 0 atom stereocenters. The smallest absolute Gasteiger partial charge is 0.234 e. The van der Waals surface area contributed by atoms with Gasteiger partial charge in [-0.3, -0.25) is 9.69 Å². The number of likely N-dealkylation sites (N-methyl/N-ethyl adjacent to an activating group) is 1. The number of carbonyl (C=O) groups excluding carboxylic acids is 1. The maximum absolute atomic E-state index is 13.1. The Morgan fingerprint density at radius 2 is 2.28 bits per heavy atom. The van der Waals surface area contributed by atoms with Crippen molar-refractivity contribution < 1.29 is 9.18 Å². The van der Waals surface area contributed by atoms with Crippen molar-refractivity contribution in [3.8, 4) is 0 Å². The second-order valence-corrected chi connectivity index (χ2v) is 4.77. The fourth-order valence-corrected chi connectivity index (χ4v) is 1.88. The first-order valence-electron chi connectivity index (χ1n) is 6.43. The molecule has 18 heavy (non-hydrogen) atoms. The minimum atomic E-state index is -0.231. The third-order valence-electron chi connectivity index (χ3n) is 3.05. The molecule has 0 heterocycles. The van der Waals surface area contributed by atoms with Gasteiger partial charge in [0.15, 0.2) is 0 Å². The first kappa shape index (κ1) is 13.0. The topological polar surface area (TPSA) is 32.3 Å². The van der Waals surface area contributed by atoms with Gasteiger partial charge in [0.2, 0.25) is 5.91 Å².